The van der Waals surface area contributed by atoms with Crippen molar-refractivity contribution >= 4 is 5.91 Å². The van der Waals surface area contributed by atoms with Gasteiger partial charge in [0.05, 0.1) is 12.5 Å². The summed E-state index contributed by atoms with van der Waals surface area (Å²) in [5, 5.41) is 2.91. The number of carbonyl (C=O) groups is 1. The smallest absolute Gasteiger partial charge is 0.328 e. The van der Waals surface area contributed by atoms with E-state index in [0.29, 0.717) is 0 Å². The Morgan fingerprint density at radius 1 is 1.35 bits per heavy atom. The van der Waals surface area contributed by atoms with E-state index in [9.17, 15) is 14.4 Å². The second-order valence-corrected chi connectivity index (χ2v) is 5.85. The molecule has 2 heterocycles. The lowest BCUT2D eigenvalue weighted by atomic mass is 10.0. The van der Waals surface area contributed by atoms with Crippen molar-refractivity contribution in [1.82, 2.24) is 24.4 Å². The molecule has 0 spiro atoms. The van der Waals surface area contributed by atoms with Gasteiger partial charge in [-0.15, -0.1) is 0 Å². The number of carbonyl (C=O) groups excluding carboxylic acids is 1. The summed E-state index contributed by atoms with van der Waals surface area (Å²) in [4.78, 5) is 42.3. The fraction of sp³-hybridized carbons (Fsp3) is 0.467. The SMILES string of the molecule is CC(C)[C@@H](NC(=O)Cc1c[nH]c(=O)n(C)c1=O)c1nccn1C. The van der Waals surface area contributed by atoms with E-state index in [1.807, 2.05) is 31.7 Å². The third-order valence-electron chi connectivity index (χ3n) is 3.72. The molecule has 0 fully saturated rings. The van der Waals surface area contributed by atoms with Gasteiger partial charge in [-0.25, -0.2) is 9.78 Å². The number of aromatic amines is 1. The molecule has 0 aliphatic carbocycles. The van der Waals surface area contributed by atoms with Crippen molar-refractivity contribution in [2.45, 2.75) is 26.3 Å². The zero-order valence-corrected chi connectivity index (χ0v) is 13.7. The van der Waals surface area contributed by atoms with E-state index in [0.717, 1.165) is 10.4 Å². The van der Waals surface area contributed by atoms with Crippen LogP contribution in [0.5, 0.6) is 0 Å². The molecule has 0 saturated carbocycles. The molecule has 2 aromatic heterocycles. The standard InChI is InChI=1S/C15H21N5O3/c1-9(2)12(13-16-5-6-19(13)3)18-11(21)7-10-8-17-15(23)20(4)14(10)22/h5-6,8-9,12H,7H2,1-4H3,(H,17,23)(H,18,21)/t12-/m1/s1. The Balaban J connectivity index is 2.18. The third kappa shape index (κ3) is 3.58. The third-order valence-corrected chi connectivity index (χ3v) is 3.72. The minimum absolute atomic E-state index is 0.100. The number of hydrogen-bond acceptors (Lipinski definition) is 4. The summed E-state index contributed by atoms with van der Waals surface area (Å²) in [6, 6.07) is -0.255. The van der Waals surface area contributed by atoms with Crippen molar-refractivity contribution in [2.75, 3.05) is 0 Å². The van der Waals surface area contributed by atoms with Crippen LogP contribution in [0.4, 0.5) is 0 Å². The summed E-state index contributed by atoms with van der Waals surface area (Å²) in [5.74, 6) is 0.594. The van der Waals surface area contributed by atoms with E-state index in [-0.39, 0.29) is 29.9 Å². The summed E-state index contributed by atoms with van der Waals surface area (Å²) >= 11 is 0. The number of hydrogen-bond donors (Lipinski definition) is 2. The van der Waals surface area contributed by atoms with Crippen LogP contribution >= 0.6 is 0 Å². The number of aromatic nitrogens is 4. The lowest BCUT2D eigenvalue weighted by molar-refractivity contribution is -0.121. The minimum Gasteiger partial charge on any atom is -0.346 e. The predicted octanol–water partition coefficient (Wildman–Crippen LogP) is -0.137. The molecule has 0 bridgehead atoms. The lowest BCUT2D eigenvalue weighted by Crippen LogP contribution is -2.38. The maximum absolute atomic E-state index is 12.3. The van der Waals surface area contributed by atoms with Gasteiger partial charge in [-0.05, 0) is 5.92 Å². The molecular formula is C15H21N5O3. The number of amides is 1. The predicted molar refractivity (Wildman–Crippen MR) is 84.9 cm³/mol. The average Bonchev–Trinajstić information content (AvgIpc) is 2.91. The van der Waals surface area contributed by atoms with Crippen LogP contribution in [0, 0.1) is 5.92 Å². The first-order valence-electron chi connectivity index (χ1n) is 7.35. The van der Waals surface area contributed by atoms with Gasteiger partial charge in [0.25, 0.3) is 5.56 Å². The van der Waals surface area contributed by atoms with Crippen molar-refractivity contribution in [2.24, 2.45) is 20.0 Å². The molecule has 0 aromatic carbocycles. The molecule has 23 heavy (non-hydrogen) atoms. The fourth-order valence-electron chi connectivity index (χ4n) is 2.35. The van der Waals surface area contributed by atoms with E-state index in [4.69, 9.17) is 0 Å². The first kappa shape index (κ1) is 16.7. The molecule has 0 radical (unpaired) electrons. The second kappa shape index (κ2) is 6.64. The van der Waals surface area contributed by atoms with E-state index in [1.165, 1.54) is 13.2 Å². The van der Waals surface area contributed by atoms with Gasteiger partial charge in [0, 0.05) is 38.2 Å². The van der Waals surface area contributed by atoms with E-state index >= 15 is 0 Å². The van der Waals surface area contributed by atoms with Crippen molar-refractivity contribution in [3.8, 4) is 0 Å². The van der Waals surface area contributed by atoms with Crippen LogP contribution in [0.3, 0.4) is 0 Å². The van der Waals surface area contributed by atoms with Crippen LogP contribution < -0.4 is 16.6 Å². The molecule has 8 heteroatoms. The van der Waals surface area contributed by atoms with Gasteiger partial charge in [-0.3, -0.25) is 14.2 Å². The van der Waals surface area contributed by atoms with Gasteiger partial charge in [0.1, 0.15) is 5.82 Å². The monoisotopic (exact) mass is 319 g/mol. The summed E-state index contributed by atoms with van der Waals surface area (Å²) in [6.45, 7) is 3.97. The van der Waals surface area contributed by atoms with Crippen LogP contribution in [0.1, 0.15) is 31.3 Å². The van der Waals surface area contributed by atoms with Gasteiger partial charge >= 0.3 is 5.69 Å². The van der Waals surface area contributed by atoms with Crippen molar-refractivity contribution in [1.29, 1.82) is 0 Å². The Morgan fingerprint density at radius 3 is 2.61 bits per heavy atom. The second-order valence-electron chi connectivity index (χ2n) is 5.85. The minimum atomic E-state index is -0.507. The zero-order chi connectivity index (χ0) is 17.1. The Bertz CT molecular complexity index is 815. The molecule has 2 N–H and O–H groups in total. The highest BCUT2D eigenvalue weighted by atomic mass is 16.2. The van der Waals surface area contributed by atoms with Gasteiger partial charge in [0.2, 0.25) is 5.91 Å². The molecule has 0 aliphatic heterocycles. The van der Waals surface area contributed by atoms with Crippen molar-refractivity contribution in [3.05, 3.63) is 50.8 Å². The summed E-state index contributed by atoms with van der Waals surface area (Å²) < 4.78 is 2.80. The van der Waals surface area contributed by atoms with Gasteiger partial charge in [-0.1, -0.05) is 13.8 Å². The molecule has 0 aliphatic rings. The van der Waals surface area contributed by atoms with Crippen LogP contribution in [0.25, 0.3) is 0 Å². The van der Waals surface area contributed by atoms with E-state index in [2.05, 4.69) is 15.3 Å². The molecule has 2 rings (SSSR count). The average molecular weight is 319 g/mol. The normalized spacial score (nSPS) is 12.4. The quantitative estimate of drug-likeness (QED) is 0.801. The number of nitrogens with zero attached hydrogens (tertiary/aromatic N) is 3. The molecule has 0 saturated heterocycles. The van der Waals surface area contributed by atoms with Crippen LogP contribution in [0.15, 0.2) is 28.2 Å². The number of H-pyrrole nitrogens is 1. The summed E-state index contributed by atoms with van der Waals surface area (Å²) in [6.07, 6.45) is 4.68. The van der Waals surface area contributed by atoms with Crippen molar-refractivity contribution < 1.29 is 4.79 Å². The molecule has 0 unspecified atom stereocenters. The summed E-state index contributed by atoms with van der Waals surface area (Å²) in [5.41, 5.74) is -0.735. The number of imidazole rings is 1. The molecular weight excluding hydrogens is 298 g/mol. The van der Waals surface area contributed by atoms with E-state index in [1.54, 1.807) is 6.20 Å². The van der Waals surface area contributed by atoms with Crippen LogP contribution in [-0.4, -0.2) is 25.0 Å². The largest absolute Gasteiger partial charge is 0.346 e. The Labute approximate surface area is 133 Å². The molecule has 2 aromatic rings. The Morgan fingerprint density at radius 2 is 2.04 bits per heavy atom. The van der Waals surface area contributed by atoms with Gasteiger partial charge in [0.15, 0.2) is 0 Å². The highest BCUT2D eigenvalue weighted by molar-refractivity contribution is 5.78. The first-order valence-corrected chi connectivity index (χ1v) is 7.35. The van der Waals surface area contributed by atoms with Crippen molar-refractivity contribution in [3.63, 3.8) is 0 Å². The number of aryl methyl sites for hydroxylation is 1. The van der Waals surface area contributed by atoms with Crippen LogP contribution in [0.2, 0.25) is 0 Å². The van der Waals surface area contributed by atoms with Gasteiger partial charge < -0.3 is 14.9 Å². The Kier molecular flexibility index (Phi) is 4.83. The highest BCUT2D eigenvalue weighted by Crippen LogP contribution is 2.19. The first-order chi connectivity index (χ1) is 10.8. The van der Waals surface area contributed by atoms with Crippen LogP contribution in [-0.2, 0) is 25.3 Å². The molecule has 1 amide bonds. The molecule has 1 atom stereocenters. The number of nitrogens with one attached hydrogen (secondary N) is 2. The fourth-order valence-corrected chi connectivity index (χ4v) is 2.35. The maximum atomic E-state index is 12.3. The van der Waals surface area contributed by atoms with Gasteiger partial charge in [-0.2, -0.15) is 0 Å². The number of rotatable bonds is 5. The topological polar surface area (TPSA) is 102 Å². The molecule has 124 valence electrons. The van der Waals surface area contributed by atoms with E-state index < -0.39 is 11.2 Å². The lowest BCUT2D eigenvalue weighted by Gasteiger charge is -2.22. The Hall–Kier alpha value is -2.64. The maximum Gasteiger partial charge on any atom is 0.328 e. The highest BCUT2D eigenvalue weighted by Gasteiger charge is 2.22. The summed E-state index contributed by atoms with van der Waals surface area (Å²) in [7, 11) is 3.23. The molecule has 8 nitrogen and oxygen atoms in total. The zero-order valence-electron chi connectivity index (χ0n) is 13.7.